The highest BCUT2D eigenvalue weighted by Crippen LogP contribution is 2.36. The molecule has 0 N–H and O–H groups in total. The van der Waals surface area contributed by atoms with Gasteiger partial charge in [-0.2, -0.15) is 0 Å². The van der Waals surface area contributed by atoms with Crippen molar-refractivity contribution in [3.8, 4) is 10.6 Å². The Bertz CT molecular complexity index is 580. The third kappa shape index (κ3) is 2.28. The lowest BCUT2D eigenvalue weighted by molar-refractivity contribution is 0.00578. The minimum atomic E-state index is -0.358. The second kappa shape index (κ2) is 4.65. The lowest BCUT2D eigenvalue weighted by Gasteiger charge is -2.32. The van der Waals surface area contributed by atoms with Gasteiger partial charge in [-0.3, -0.25) is 9.97 Å². The topological polar surface area (TPSA) is 44.2 Å². The zero-order valence-electron chi connectivity index (χ0n) is 12.1. The lowest BCUT2D eigenvalue weighted by atomic mass is 9.80. The van der Waals surface area contributed by atoms with E-state index in [1.165, 1.54) is 0 Å². The van der Waals surface area contributed by atoms with Crippen molar-refractivity contribution in [2.45, 2.75) is 38.9 Å². The Kier molecular flexibility index (Phi) is 3.19. The van der Waals surface area contributed by atoms with Crippen molar-refractivity contribution in [3.05, 3.63) is 30.0 Å². The Morgan fingerprint density at radius 1 is 1.05 bits per heavy atom. The van der Waals surface area contributed by atoms with Crippen molar-refractivity contribution in [1.82, 2.24) is 9.97 Å². The second-order valence-electron chi connectivity index (χ2n) is 5.93. The Balaban J connectivity index is 1.83. The molecule has 0 atom stereocenters. The summed E-state index contributed by atoms with van der Waals surface area (Å²) in [6.45, 7) is 8.19. The maximum absolute atomic E-state index is 6.01. The van der Waals surface area contributed by atoms with Crippen LogP contribution in [0, 0.1) is 0 Å². The monoisotopic (exact) mass is 288 g/mol. The maximum atomic E-state index is 6.01. The van der Waals surface area contributed by atoms with Crippen LogP contribution in [0.1, 0.15) is 27.7 Å². The number of hydrogen-bond donors (Lipinski definition) is 0. The molecule has 0 amide bonds. The van der Waals surface area contributed by atoms with Crippen LogP contribution in [0.4, 0.5) is 0 Å². The van der Waals surface area contributed by atoms with Gasteiger partial charge in [0.15, 0.2) is 0 Å². The minimum absolute atomic E-state index is 0.325. The van der Waals surface area contributed by atoms with E-state index in [4.69, 9.17) is 9.31 Å². The van der Waals surface area contributed by atoms with E-state index in [-0.39, 0.29) is 18.3 Å². The van der Waals surface area contributed by atoms with Crippen LogP contribution in [0.25, 0.3) is 10.6 Å². The van der Waals surface area contributed by atoms with Crippen molar-refractivity contribution >= 4 is 23.9 Å². The van der Waals surface area contributed by atoms with Gasteiger partial charge in [0.05, 0.1) is 27.3 Å². The Labute approximate surface area is 123 Å². The zero-order valence-corrected chi connectivity index (χ0v) is 12.9. The van der Waals surface area contributed by atoms with Crippen molar-refractivity contribution in [3.63, 3.8) is 0 Å². The van der Waals surface area contributed by atoms with Crippen molar-refractivity contribution in [1.29, 1.82) is 0 Å². The highest BCUT2D eigenvalue weighted by atomic mass is 32.1. The number of pyridine rings is 1. The largest absolute Gasteiger partial charge is 0.496 e. The Morgan fingerprint density at radius 2 is 1.75 bits per heavy atom. The third-order valence-corrected chi connectivity index (χ3v) is 4.79. The van der Waals surface area contributed by atoms with Gasteiger partial charge in [0.2, 0.25) is 0 Å². The summed E-state index contributed by atoms with van der Waals surface area (Å²) in [5.41, 5.74) is 3.02. The van der Waals surface area contributed by atoms with Crippen LogP contribution >= 0.6 is 11.3 Å². The predicted octanol–water partition coefficient (Wildman–Crippen LogP) is 2.50. The minimum Gasteiger partial charge on any atom is -0.399 e. The van der Waals surface area contributed by atoms with E-state index < -0.39 is 0 Å². The number of nitrogens with zero attached hydrogens (tertiary/aromatic N) is 2. The molecule has 104 valence electrons. The summed E-state index contributed by atoms with van der Waals surface area (Å²) in [6, 6.07) is 3.98. The van der Waals surface area contributed by atoms with E-state index in [0.717, 1.165) is 16.0 Å². The fourth-order valence-corrected chi connectivity index (χ4v) is 2.61. The molecule has 3 rings (SSSR count). The van der Waals surface area contributed by atoms with Crippen LogP contribution in [-0.4, -0.2) is 28.3 Å². The number of rotatable bonds is 2. The van der Waals surface area contributed by atoms with Crippen molar-refractivity contribution in [2.75, 3.05) is 0 Å². The molecule has 0 bridgehead atoms. The number of hydrogen-bond acceptors (Lipinski definition) is 5. The van der Waals surface area contributed by atoms with E-state index in [0.29, 0.717) is 0 Å². The number of thiazole rings is 1. The molecule has 20 heavy (non-hydrogen) atoms. The molecule has 2 aromatic rings. The van der Waals surface area contributed by atoms with E-state index in [1.807, 2.05) is 52.2 Å². The average Bonchev–Trinajstić information content (AvgIpc) is 2.97. The summed E-state index contributed by atoms with van der Waals surface area (Å²) in [6.07, 6.45) is 3.64. The lowest BCUT2D eigenvalue weighted by Crippen LogP contribution is -2.41. The highest BCUT2D eigenvalue weighted by Gasteiger charge is 2.51. The van der Waals surface area contributed by atoms with Gasteiger partial charge in [-0.15, -0.1) is 11.3 Å². The molecule has 3 heterocycles. The molecule has 2 aromatic heterocycles. The van der Waals surface area contributed by atoms with Gasteiger partial charge in [-0.1, -0.05) is 6.07 Å². The molecule has 0 aromatic carbocycles. The van der Waals surface area contributed by atoms with Gasteiger partial charge in [0.25, 0.3) is 0 Å². The van der Waals surface area contributed by atoms with E-state index >= 15 is 0 Å². The quantitative estimate of drug-likeness (QED) is 0.796. The first-order chi connectivity index (χ1) is 9.39. The molecule has 1 saturated heterocycles. The van der Waals surface area contributed by atoms with Crippen molar-refractivity contribution < 1.29 is 9.31 Å². The highest BCUT2D eigenvalue weighted by molar-refractivity contribution is 7.13. The first kappa shape index (κ1) is 13.7. The van der Waals surface area contributed by atoms with Crippen LogP contribution in [0.5, 0.6) is 0 Å². The van der Waals surface area contributed by atoms with Crippen molar-refractivity contribution in [2.24, 2.45) is 0 Å². The fourth-order valence-electron chi connectivity index (χ4n) is 2.01. The van der Waals surface area contributed by atoms with Crippen LogP contribution in [0.2, 0.25) is 0 Å². The fraction of sp³-hybridized carbons (Fsp3) is 0.429. The molecule has 6 heteroatoms. The SMILES string of the molecule is CC1(C)OB(c2ccc(-c3cncs3)nc2)OC1(C)C. The van der Waals surface area contributed by atoms with Crippen LogP contribution in [-0.2, 0) is 9.31 Å². The van der Waals surface area contributed by atoms with Gasteiger partial charge >= 0.3 is 7.12 Å². The molecule has 1 aliphatic rings. The normalized spacial score (nSPS) is 20.3. The molecule has 1 fully saturated rings. The van der Waals surface area contributed by atoms with Gasteiger partial charge < -0.3 is 9.31 Å². The van der Waals surface area contributed by atoms with Gasteiger partial charge in [0, 0.05) is 17.9 Å². The summed E-state index contributed by atoms with van der Waals surface area (Å²) in [4.78, 5) is 9.60. The third-order valence-electron chi connectivity index (χ3n) is 4.00. The average molecular weight is 288 g/mol. The van der Waals surface area contributed by atoms with Crippen LogP contribution in [0.3, 0.4) is 0 Å². The van der Waals surface area contributed by atoms with Crippen LogP contribution < -0.4 is 5.46 Å². The summed E-state index contributed by atoms with van der Waals surface area (Å²) in [5, 5.41) is 0. The molecule has 0 spiro atoms. The zero-order chi connectivity index (χ0) is 14.4. The van der Waals surface area contributed by atoms with Crippen LogP contribution in [0.15, 0.2) is 30.0 Å². The molecule has 0 unspecified atom stereocenters. The smallest absolute Gasteiger partial charge is 0.399 e. The van der Waals surface area contributed by atoms with E-state index in [1.54, 1.807) is 16.8 Å². The molecule has 4 nitrogen and oxygen atoms in total. The van der Waals surface area contributed by atoms with Gasteiger partial charge in [-0.05, 0) is 33.8 Å². The predicted molar refractivity (Wildman–Crippen MR) is 81.1 cm³/mol. The summed E-state index contributed by atoms with van der Waals surface area (Å²) < 4.78 is 12.0. The molecule has 1 aliphatic heterocycles. The second-order valence-corrected chi connectivity index (χ2v) is 6.82. The molecular weight excluding hydrogens is 271 g/mol. The Hall–Kier alpha value is -1.24. The first-order valence-corrected chi connectivity index (χ1v) is 7.47. The first-order valence-electron chi connectivity index (χ1n) is 6.59. The van der Waals surface area contributed by atoms with Gasteiger partial charge in [0.1, 0.15) is 0 Å². The maximum Gasteiger partial charge on any atom is 0.496 e. The molecular formula is C14H17BN2O2S. The van der Waals surface area contributed by atoms with E-state index in [9.17, 15) is 0 Å². The molecule has 0 aliphatic carbocycles. The molecule has 0 radical (unpaired) electrons. The standard InChI is InChI=1S/C14H17BN2O2S/c1-13(2)14(3,4)19-15(18-13)10-5-6-11(17-7-10)12-8-16-9-20-12/h5-9H,1-4H3. The number of aromatic nitrogens is 2. The van der Waals surface area contributed by atoms with E-state index in [2.05, 4.69) is 9.97 Å². The Morgan fingerprint density at radius 3 is 2.25 bits per heavy atom. The van der Waals surface area contributed by atoms with Gasteiger partial charge in [-0.25, -0.2) is 0 Å². The summed E-state index contributed by atoms with van der Waals surface area (Å²) in [7, 11) is -0.358. The summed E-state index contributed by atoms with van der Waals surface area (Å²) >= 11 is 1.58. The molecule has 0 saturated carbocycles. The summed E-state index contributed by atoms with van der Waals surface area (Å²) in [5.74, 6) is 0.